The minimum atomic E-state index is 0.183. The molecule has 17 heavy (non-hydrogen) atoms. The average Bonchev–Trinajstić information content (AvgIpc) is 2.29. The van der Waals surface area contributed by atoms with E-state index in [1.54, 1.807) is 24.3 Å². The van der Waals surface area contributed by atoms with Gasteiger partial charge >= 0.3 is 0 Å². The molecule has 0 spiro atoms. The van der Waals surface area contributed by atoms with Gasteiger partial charge in [0.25, 0.3) is 0 Å². The van der Waals surface area contributed by atoms with E-state index < -0.39 is 0 Å². The van der Waals surface area contributed by atoms with Crippen LogP contribution in [-0.4, -0.2) is 9.97 Å². The molecule has 2 aromatic rings. The Kier molecular flexibility index (Phi) is 3.48. The highest BCUT2D eigenvalue weighted by molar-refractivity contribution is 7.99. The fourth-order valence-corrected chi connectivity index (χ4v) is 2.29. The molecule has 0 N–H and O–H groups in total. The van der Waals surface area contributed by atoms with Crippen LogP contribution < -0.4 is 0 Å². The van der Waals surface area contributed by atoms with Crippen molar-refractivity contribution in [3.8, 4) is 0 Å². The Morgan fingerprint density at radius 3 is 2.59 bits per heavy atom. The van der Waals surface area contributed by atoms with Gasteiger partial charge in [0.2, 0.25) is 0 Å². The SMILES string of the molecule is CC(C)(C)c1cccc(Sc2ccncn2)c1. The predicted molar refractivity (Wildman–Crippen MR) is 71.3 cm³/mol. The standard InChI is InChI=1S/C14H16N2S/c1-14(2,3)11-5-4-6-12(9-11)17-13-7-8-15-10-16-13/h4-10H,1-3H3. The smallest absolute Gasteiger partial charge is 0.116 e. The van der Waals surface area contributed by atoms with E-state index in [-0.39, 0.29) is 5.41 Å². The van der Waals surface area contributed by atoms with E-state index >= 15 is 0 Å². The summed E-state index contributed by atoms with van der Waals surface area (Å²) in [4.78, 5) is 9.36. The minimum absolute atomic E-state index is 0.183. The molecule has 3 heteroatoms. The summed E-state index contributed by atoms with van der Waals surface area (Å²) in [6.07, 6.45) is 3.35. The molecule has 1 aromatic carbocycles. The maximum atomic E-state index is 4.22. The zero-order chi connectivity index (χ0) is 12.3. The van der Waals surface area contributed by atoms with E-state index in [0.29, 0.717) is 0 Å². The lowest BCUT2D eigenvalue weighted by molar-refractivity contribution is 0.588. The molecular formula is C14H16N2S. The monoisotopic (exact) mass is 244 g/mol. The summed E-state index contributed by atoms with van der Waals surface area (Å²) in [5.41, 5.74) is 1.53. The Labute approximate surface area is 107 Å². The normalized spacial score (nSPS) is 11.5. The molecule has 0 atom stereocenters. The van der Waals surface area contributed by atoms with Crippen LogP contribution in [-0.2, 0) is 5.41 Å². The van der Waals surface area contributed by atoms with Gasteiger partial charge in [0, 0.05) is 11.1 Å². The average molecular weight is 244 g/mol. The summed E-state index contributed by atoms with van der Waals surface area (Å²) < 4.78 is 0. The van der Waals surface area contributed by atoms with Crippen LogP contribution in [0.4, 0.5) is 0 Å². The molecular weight excluding hydrogens is 228 g/mol. The largest absolute Gasteiger partial charge is 0.245 e. The van der Waals surface area contributed by atoms with Crippen LogP contribution in [0.2, 0.25) is 0 Å². The lowest BCUT2D eigenvalue weighted by atomic mass is 9.87. The Morgan fingerprint density at radius 2 is 1.94 bits per heavy atom. The predicted octanol–water partition coefficient (Wildman–Crippen LogP) is 3.93. The maximum Gasteiger partial charge on any atom is 0.116 e. The fourth-order valence-electron chi connectivity index (χ4n) is 1.49. The minimum Gasteiger partial charge on any atom is -0.245 e. The molecule has 2 rings (SSSR count). The lowest BCUT2D eigenvalue weighted by Gasteiger charge is -2.19. The van der Waals surface area contributed by atoms with Gasteiger partial charge in [-0.25, -0.2) is 9.97 Å². The summed E-state index contributed by atoms with van der Waals surface area (Å²) in [6, 6.07) is 10.5. The molecule has 88 valence electrons. The molecule has 0 saturated carbocycles. The third kappa shape index (κ3) is 3.30. The van der Waals surface area contributed by atoms with E-state index in [0.717, 1.165) is 5.03 Å². The van der Waals surface area contributed by atoms with Crippen LogP contribution >= 0.6 is 11.8 Å². The van der Waals surface area contributed by atoms with Gasteiger partial charge in [-0.1, -0.05) is 44.7 Å². The molecule has 0 amide bonds. The van der Waals surface area contributed by atoms with Gasteiger partial charge in [-0.3, -0.25) is 0 Å². The Hall–Kier alpha value is -1.35. The van der Waals surface area contributed by atoms with Gasteiger partial charge in [0.05, 0.1) is 0 Å². The van der Waals surface area contributed by atoms with Gasteiger partial charge < -0.3 is 0 Å². The molecule has 1 aromatic heterocycles. The van der Waals surface area contributed by atoms with Gasteiger partial charge in [-0.2, -0.15) is 0 Å². The van der Waals surface area contributed by atoms with Crippen LogP contribution in [0.25, 0.3) is 0 Å². The van der Waals surface area contributed by atoms with Crippen LogP contribution in [0.15, 0.2) is 52.8 Å². The number of hydrogen-bond acceptors (Lipinski definition) is 3. The van der Waals surface area contributed by atoms with Crippen molar-refractivity contribution < 1.29 is 0 Å². The van der Waals surface area contributed by atoms with Crippen LogP contribution in [0, 0.1) is 0 Å². The molecule has 2 nitrogen and oxygen atoms in total. The van der Waals surface area contributed by atoms with Crippen molar-refractivity contribution in [2.75, 3.05) is 0 Å². The van der Waals surface area contributed by atoms with Crippen molar-refractivity contribution in [2.45, 2.75) is 36.1 Å². The van der Waals surface area contributed by atoms with E-state index in [1.807, 2.05) is 6.07 Å². The highest BCUT2D eigenvalue weighted by Crippen LogP contribution is 2.30. The summed E-state index contributed by atoms with van der Waals surface area (Å²) in [5.74, 6) is 0. The topological polar surface area (TPSA) is 25.8 Å². The molecule has 0 aliphatic carbocycles. The zero-order valence-electron chi connectivity index (χ0n) is 10.3. The second kappa shape index (κ2) is 4.88. The molecule has 0 aliphatic rings. The van der Waals surface area contributed by atoms with E-state index in [1.165, 1.54) is 10.5 Å². The fraction of sp³-hybridized carbons (Fsp3) is 0.286. The Bertz CT molecular complexity index is 489. The summed E-state index contributed by atoms with van der Waals surface area (Å²) >= 11 is 1.67. The number of nitrogens with zero attached hydrogens (tertiary/aromatic N) is 2. The second-order valence-corrected chi connectivity index (χ2v) is 6.02. The number of aromatic nitrogens is 2. The van der Waals surface area contributed by atoms with Crippen LogP contribution in [0.1, 0.15) is 26.3 Å². The first-order valence-corrected chi connectivity index (χ1v) is 6.42. The third-order valence-electron chi connectivity index (χ3n) is 2.48. The van der Waals surface area contributed by atoms with Gasteiger partial charge in [-0.15, -0.1) is 0 Å². The molecule has 0 fully saturated rings. The first-order chi connectivity index (χ1) is 8.05. The first-order valence-electron chi connectivity index (χ1n) is 5.60. The maximum absolute atomic E-state index is 4.22. The molecule has 0 radical (unpaired) electrons. The number of hydrogen-bond donors (Lipinski definition) is 0. The van der Waals surface area contributed by atoms with E-state index in [4.69, 9.17) is 0 Å². The van der Waals surface area contributed by atoms with Gasteiger partial charge in [0.15, 0.2) is 0 Å². The van der Waals surface area contributed by atoms with Crippen molar-refractivity contribution >= 4 is 11.8 Å². The van der Waals surface area contributed by atoms with Crippen molar-refractivity contribution in [1.29, 1.82) is 0 Å². The van der Waals surface area contributed by atoms with E-state index in [2.05, 4.69) is 55.0 Å². The number of rotatable bonds is 2. The molecule has 0 saturated heterocycles. The van der Waals surface area contributed by atoms with Crippen LogP contribution in [0.5, 0.6) is 0 Å². The zero-order valence-corrected chi connectivity index (χ0v) is 11.2. The Morgan fingerprint density at radius 1 is 1.12 bits per heavy atom. The lowest BCUT2D eigenvalue weighted by Crippen LogP contribution is -2.10. The molecule has 0 bridgehead atoms. The first kappa shape index (κ1) is 12.1. The number of benzene rings is 1. The third-order valence-corrected chi connectivity index (χ3v) is 3.42. The molecule has 0 aliphatic heterocycles. The van der Waals surface area contributed by atoms with Crippen molar-refractivity contribution in [3.63, 3.8) is 0 Å². The molecule has 1 heterocycles. The van der Waals surface area contributed by atoms with Crippen molar-refractivity contribution in [3.05, 3.63) is 48.4 Å². The van der Waals surface area contributed by atoms with Crippen molar-refractivity contribution in [2.24, 2.45) is 0 Å². The van der Waals surface area contributed by atoms with Crippen LogP contribution in [0.3, 0.4) is 0 Å². The highest BCUT2D eigenvalue weighted by Gasteiger charge is 2.13. The van der Waals surface area contributed by atoms with Gasteiger partial charge in [-0.05, 0) is 29.2 Å². The van der Waals surface area contributed by atoms with E-state index in [9.17, 15) is 0 Å². The van der Waals surface area contributed by atoms with Crippen molar-refractivity contribution in [1.82, 2.24) is 9.97 Å². The second-order valence-electron chi connectivity index (χ2n) is 4.93. The summed E-state index contributed by atoms with van der Waals surface area (Å²) in [5, 5.41) is 0.978. The Balaban J connectivity index is 2.23. The van der Waals surface area contributed by atoms with Gasteiger partial charge in [0.1, 0.15) is 11.4 Å². The highest BCUT2D eigenvalue weighted by atomic mass is 32.2. The summed E-state index contributed by atoms with van der Waals surface area (Å²) in [7, 11) is 0. The molecule has 0 unspecified atom stereocenters. The quantitative estimate of drug-likeness (QED) is 0.749. The summed E-state index contributed by atoms with van der Waals surface area (Å²) in [6.45, 7) is 6.67.